The van der Waals surface area contributed by atoms with Crippen LogP contribution in [0.25, 0.3) is 0 Å². The van der Waals surface area contributed by atoms with Crippen molar-refractivity contribution in [2.45, 2.75) is 9.79 Å². The van der Waals surface area contributed by atoms with Gasteiger partial charge in [0.2, 0.25) is 0 Å². The molecule has 0 unspecified atom stereocenters. The summed E-state index contributed by atoms with van der Waals surface area (Å²) in [6.07, 6.45) is 0. The fraction of sp³-hybridized carbons (Fsp3) is 0. The second-order valence-corrected chi connectivity index (χ2v) is 8.59. The predicted molar refractivity (Wildman–Crippen MR) is 135 cm³/mol. The minimum absolute atomic E-state index is 0.258. The normalized spacial score (nSPS) is 11.2. The quantitative estimate of drug-likeness (QED) is 0.177. The van der Waals surface area contributed by atoms with E-state index in [-0.39, 0.29) is 34.0 Å². The lowest BCUT2D eigenvalue weighted by Crippen LogP contribution is -1.95. The molecule has 0 heterocycles. The molecule has 10 nitrogen and oxygen atoms in total. The zero-order valence-corrected chi connectivity index (χ0v) is 19.7. The Bertz CT molecular complexity index is 1540. The Morgan fingerprint density at radius 3 is 1.65 bits per heavy atom. The van der Waals surface area contributed by atoms with Crippen LogP contribution < -0.4 is 0 Å². The zero-order chi connectivity index (χ0) is 26.4. The number of rotatable bonds is 8. The molecule has 0 fully saturated rings. The number of aromatic carboxylic acids is 2. The van der Waals surface area contributed by atoms with Crippen molar-refractivity contribution in [1.82, 2.24) is 0 Å². The minimum Gasteiger partial charge on any atom is -0.507 e. The van der Waals surface area contributed by atoms with Crippen LogP contribution in [0.15, 0.2) is 115 Å². The number of hydrogen-bond acceptors (Lipinski definition) is 9. The third-order valence-corrected chi connectivity index (χ3v) is 5.98. The molecule has 11 heteroatoms. The Balaban J connectivity index is 1.48. The lowest BCUT2D eigenvalue weighted by molar-refractivity contribution is 0.0682. The highest BCUT2D eigenvalue weighted by atomic mass is 32.2. The van der Waals surface area contributed by atoms with Crippen molar-refractivity contribution in [3.63, 3.8) is 0 Å². The van der Waals surface area contributed by atoms with Gasteiger partial charge < -0.3 is 20.4 Å². The SMILES string of the molecule is O=C(O)c1cc(N=Nc2ccc(Sc3ccccc3N=Nc3ccc(O)c(C(=O)O)c3)cc2)ccc1O. The second-order valence-electron chi connectivity index (χ2n) is 7.48. The molecule has 0 spiro atoms. The van der Waals surface area contributed by atoms with E-state index >= 15 is 0 Å². The zero-order valence-electron chi connectivity index (χ0n) is 18.9. The van der Waals surface area contributed by atoms with Gasteiger partial charge in [-0.3, -0.25) is 0 Å². The Kier molecular flexibility index (Phi) is 7.55. The van der Waals surface area contributed by atoms with Gasteiger partial charge in [-0.05, 0) is 72.8 Å². The number of azo groups is 2. The summed E-state index contributed by atoms with van der Waals surface area (Å²) in [6, 6.07) is 22.4. The Hall–Kier alpha value is -5.03. The van der Waals surface area contributed by atoms with Gasteiger partial charge in [0.15, 0.2) is 0 Å². The standard InChI is InChI=1S/C26H18N4O6S/c31-22-11-7-16(13-19(22)25(33)34)28-27-15-5-9-18(10-6-15)37-24-4-2-1-3-21(24)30-29-17-8-12-23(32)20(14-17)26(35)36/h1-14,31-32H,(H,33,34)(H,35,36). The van der Waals surface area contributed by atoms with E-state index in [4.69, 9.17) is 10.2 Å². The fourth-order valence-corrected chi connectivity index (χ4v) is 3.96. The van der Waals surface area contributed by atoms with Crippen LogP contribution >= 0.6 is 11.8 Å². The third kappa shape index (κ3) is 6.35. The Morgan fingerprint density at radius 1 is 0.595 bits per heavy atom. The maximum atomic E-state index is 11.2. The molecule has 184 valence electrons. The predicted octanol–water partition coefficient (Wildman–Crippen LogP) is 7.48. The number of carboxylic acid groups (broad SMARTS) is 2. The number of benzene rings is 4. The van der Waals surface area contributed by atoms with Gasteiger partial charge in [-0.25, -0.2) is 9.59 Å². The van der Waals surface area contributed by atoms with Crippen molar-refractivity contribution >= 4 is 46.5 Å². The maximum absolute atomic E-state index is 11.2. The minimum atomic E-state index is -1.26. The van der Waals surface area contributed by atoms with Crippen molar-refractivity contribution < 1.29 is 30.0 Å². The molecule has 0 aliphatic heterocycles. The van der Waals surface area contributed by atoms with Crippen LogP contribution in [-0.4, -0.2) is 32.4 Å². The van der Waals surface area contributed by atoms with Gasteiger partial charge >= 0.3 is 11.9 Å². The summed E-state index contributed by atoms with van der Waals surface area (Å²) in [5.74, 6) is -3.22. The highest BCUT2D eigenvalue weighted by Crippen LogP contribution is 2.37. The first-order valence-electron chi connectivity index (χ1n) is 10.6. The molecule has 4 aromatic rings. The van der Waals surface area contributed by atoms with Crippen LogP contribution in [0.5, 0.6) is 11.5 Å². The smallest absolute Gasteiger partial charge is 0.339 e. The largest absolute Gasteiger partial charge is 0.507 e. The average Bonchev–Trinajstić information content (AvgIpc) is 2.89. The molecule has 4 rings (SSSR count). The van der Waals surface area contributed by atoms with Gasteiger partial charge in [0.25, 0.3) is 0 Å². The summed E-state index contributed by atoms with van der Waals surface area (Å²) in [5, 5.41) is 54.0. The van der Waals surface area contributed by atoms with Gasteiger partial charge in [-0.15, -0.1) is 5.11 Å². The topological polar surface area (TPSA) is 164 Å². The van der Waals surface area contributed by atoms with Gasteiger partial charge in [-0.2, -0.15) is 15.3 Å². The summed E-state index contributed by atoms with van der Waals surface area (Å²) in [6.45, 7) is 0. The molecular weight excluding hydrogens is 496 g/mol. The molecular formula is C26H18N4O6S. The number of carbonyl (C=O) groups is 2. The summed E-state index contributed by atoms with van der Waals surface area (Å²) >= 11 is 1.44. The van der Waals surface area contributed by atoms with Crippen LogP contribution in [0.4, 0.5) is 22.7 Å². The number of phenols is 2. The van der Waals surface area contributed by atoms with E-state index in [1.54, 1.807) is 24.3 Å². The molecule has 0 atom stereocenters. The third-order valence-electron chi connectivity index (χ3n) is 4.91. The lowest BCUT2D eigenvalue weighted by Gasteiger charge is -2.05. The molecule has 0 radical (unpaired) electrons. The van der Waals surface area contributed by atoms with Crippen molar-refractivity contribution in [1.29, 1.82) is 0 Å². The van der Waals surface area contributed by atoms with Crippen molar-refractivity contribution in [3.8, 4) is 11.5 Å². The summed E-state index contributed by atoms with van der Waals surface area (Å²) in [7, 11) is 0. The van der Waals surface area contributed by atoms with Crippen LogP contribution in [0, 0.1) is 0 Å². The molecule has 37 heavy (non-hydrogen) atoms. The monoisotopic (exact) mass is 514 g/mol. The average molecular weight is 515 g/mol. The van der Waals surface area contributed by atoms with Gasteiger partial charge in [-0.1, -0.05) is 23.9 Å². The van der Waals surface area contributed by atoms with E-state index in [2.05, 4.69) is 20.5 Å². The van der Waals surface area contributed by atoms with Crippen LogP contribution in [0.3, 0.4) is 0 Å². The highest BCUT2D eigenvalue weighted by molar-refractivity contribution is 7.99. The Labute approximate surface area is 214 Å². The lowest BCUT2D eigenvalue weighted by atomic mass is 10.2. The van der Waals surface area contributed by atoms with Crippen molar-refractivity contribution in [2.75, 3.05) is 0 Å². The molecule has 4 aromatic carbocycles. The number of carboxylic acids is 2. The van der Waals surface area contributed by atoms with Gasteiger partial charge in [0.05, 0.1) is 22.7 Å². The molecule has 0 saturated carbocycles. The second kappa shape index (κ2) is 11.1. The van der Waals surface area contributed by atoms with E-state index in [0.29, 0.717) is 11.4 Å². The van der Waals surface area contributed by atoms with Crippen LogP contribution in [-0.2, 0) is 0 Å². The number of hydrogen-bond donors (Lipinski definition) is 4. The highest BCUT2D eigenvalue weighted by Gasteiger charge is 2.11. The van der Waals surface area contributed by atoms with Crippen molar-refractivity contribution in [3.05, 3.63) is 96.1 Å². The van der Waals surface area contributed by atoms with Gasteiger partial charge in [0, 0.05) is 9.79 Å². The van der Waals surface area contributed by atoms with E-state index in [1.807, 2.05) is 24.3 Å². The first-order chi connectivity index (χ1) is 17.8. The van der Waals surface area contributed by atoms with Gasteiger partial charge in [0.1, 0.15) is 22.6 Å². The van der Waals surface area contributed by atoms with Crippen molar-refractivity contribution in [2.24, 2.45) is 20.5 Å². The number of aromatic hydroxyl groups is 2. The molecule has 0 aromatic heterocycles. The molecule has 4 N–H and O–H groups in total. The number of nitrogens with zero attached hydrogens (tertiary/aromatic N) is 4. The summed E-state index contributed by atoms with van der Waals surface area (Å²) in [4.78, 5) is 24.1. The van der Waals surface area contributed by atoms with E-state index in [1.165, 1.54) is 48.2 Å². The van der Waals surface area contributed by atoms with E-state index < -0.39 is 11.9 Å². The molecule has 0 aliphatic rings. The molecule has 0 amide bonds. The molecule has 0 saturated heterocycles. The molecule has 0 bridgehead atoms. The fourth-order valence-electron chi connectivity index (χ4n) is 3.08. The van der Waals surface area contributed by atoms with E-state index in [0.717, 1.165) is 9.79 Å². The van der Waals surface area contributed by atoms with Crippen LogP contribution in [0.1, 0.15) is 20.7 Å². The first kappa shape index (κ1) is 25.1. The summed E-state index contributed by atoms with van der Waals surface area (Å²) < 4.78 is 0. The maximum Gasteiger partial charge on any atom is 0.339 e. The Morgan fingerprint density at radius 2 is 1.08 bits per heavy atom. The van der Waals surface area contributed by atoms with E-state index in [9.17, 15) is 19.8 Å². The molecule has 0 aliphatic carbocycles. The van der Waals surface area contributed by atoms with Crippen LogP contribution in [0.2, 0.25) is 0 Å². The first-order valence-corrected chi connectivity index (χ1v) is 11.4. The summed E-state index contributed by atoms with van der Waals surface area (Å²) in [5.41, 5.74) is 1.17.